The van der Waals surface area contributed by atoms with E-state index in [0.717, 1.165) is 0 Å². The van der Waals surface area contributed by atoms with E-state index in [2.05, 4.69) is 0 Å². The summed E-state index contributed by atoms with van der Waals surface area (Å²) in [5, 5.41) is 29.3. The van der Waals surface area contributed by atoms with E-state index in [4.69, 9.17) is 5.11 Å². The van der Waals surface area contributed by atoms with Crippen LogP contribution in [0.15, 0.2) is 18.2 Å². The molecule has 0 aliphatic rings. The van der Waals surface area contributed by atoms with Crippen molar-refractivity contribution < 1.29 is 19.9 Å². The Morgan fingerprint density at radius 1 is 1.53 bits per heavy atom. The number of nitrogens with zero attached hydrogens (tertiary/aromatic N) is 2. The van der Waals surface area contributed by atoms with Gasteiger partial charge in [-0.15, -0.1) is 0 Å². The van der Waals surface area contributed by atoms with Crippen molar-refractivity contribution in [2.45, 2.75) is 19.4 Å². The van der Waals surface area contributed by atoms with Gasteiger partial charge in [0.25, 0.3) is 5.69 Å². The van der Waals surface area contributed by atoms with Gasteiger partial charge in [0, 0.05) is 19.7 Å². The molecule has 0 aliphatic heterocycles. The number of benzene rings is 1. The van der Waals surface area contributed by atoms with Crippen molar-refractivity contribution in [3.05, 3.63) is 33.9 Å². The second-order valence-corrected chi connectivity index (χ2v) is 4.29. The van der Waals surface area contributed by atoms with Crippen LogP contribution in [0.4, 0.5) is 11.4 Å². The molecule has 7 heteroatoms. The minimum atomic E-state index is -1.22. The van der Waals surface area contributed by atoms with Crippen LogP contribution < -0.4 is 4.90 Å². The monoisotopic (exact) mass is 268 g/mol. The molecule has 104 valence electrons. The highest BCUT2D eigenvalue weighted by molar-refractivity contribution is 5.97. The Kier molecular flexibility index (Phi) is 4.82. The lowest BCUT2D eigenvalue weighted by Gasteiger charge is -2.21. The molecule has 0 aromatic heterocycles. The number of nitro benzene ring substituents is 1. The second-order valence-electron chi connectivity index (χ2n) is 4.29. The average Bonchev–Trinajstić information content (AvgIpc) is 2.34. The molecule has 1 rings (SSSR count). The lowest BCUT2D eigenvalue weighted by molar-refractivity contribution is -0.384. The van der Waals surface area contributed by atoms with Gasteiger partial charge >= 0.3 is 5.97 Å². The van der Waals surface area contributed by atoms with Crippen LogP contribution in [0.25, 0.3) is 0 Å². The molecule has 0 bridgehead atoms. The number of aromatic carboxylic acids is 1. The number of aliphatic hydroxyl groups is 1. The fraction of sp³-hybridized carbons (Fsp3) is 0.417. The van der Waals surface area contributed by atoms with Crippen molar-refractivity contribution in [2.75, 3.05) is 18.5 Å². The van der Waals surface area contributed by atoms with Gasteiger partial charge in [-0.2, -0.15) is 0 Å². The summed E-state index contributed by atoms with van der Waals surface area (Å²) in [5.41, 5.74) is -0.323. The Balaban J connectivity index is 3.20. The first-order valence-corrected chi connectivity index (χ1v) is 5.74. The third kappa shape index (κ3) is 3.65. The highest BCUT2D eigenvalue weighted by atomic mass is 16.6. The third-order valence-electron chi connectivity index (χ3n) is 2.71. The maximum atomic E-state index is 11.1. The zero-order valence-electron chi connectivity index (χ0n) is 10.7. The molecule has 0 radical (unpaired) electrons. The normalized spacial score (nSPS) is 11.9. The molecule has 1 aromatic carbocycles. The van der Waals surface area contributed by atoms with E-state index in [9.17, 15) is 20.0 Å². The Bertz CT molecular complexity index is 455. The van der Waals surface area contributed by atoms with Crippen LogP contribution in [0.3, 0.4) is 0 Å². The van der Waals surface area contributed by atoms with Crippen LogP contribution in [-0.2, 0) is 0 Å². The molecule has 7 nitrogen and oxygen atoms in total. The first-order chi connectivity index (χ1) is 8.84. The quantitative estimate of drug-likeness (QED) is 0.598. The van der Waals surface area contributed by atoms with E-state index >= 15 is 0 Å². The predicted octanol–water partition coefficient (Wildman–Crippen LogP) is 1.50. The van der Waals surface area contributed by atoms with Gasteiger partial charge < -0.3 is 15.1 Å². The second kappa shape index (κ2) is 6.14. The fourth-order valence-electron chi connectivity index (χ4n) is 1.74. The number of rotatable bonds is 6. The molecule has 1 aromatic rings. The number of carbonyl (C=O) groups is 1. The van der Waals surface area contributed by atoms with E-state index in [1.54, 1.807) is 14.0 Å². The molecule has 1 unspecified atom stereocenters. The molecule has 0 heterocycles. The number of hydrogen-bond acceptors (Lipinski definition) is 5. The van der Waals surface area contributed by atoms with Gasteiger partial charge in [0.2, 0.25) is 0 Å². The summed E-state index contributed by atoms with van der Waals surface area (Å²) in [6, 6.07) is 3.93. The zero-order chi connectivity index (χ0) is 14.6. The van der Waals surface area contributed by atoms with E-state index in [1.807, 2.05) is 0 Å². The zero-order valence-corrected chi connectivity index (χ0v) is 10.7. The Morgan fingerprint density at radius 2 is 2.16 bits per heavy atom. The summed E-state index contributed by atoms with van der Waals surface area (Å²) in [5.74, 6) is -1.22. The van der Waals surface area contributed by atoms with Gasteiger partial charge in [0.15, 0.2) is 0 Å². The van der Waals surface area contributed by atoms with Gasteiger partial charge in [-0.05, 0) is 19.4 Å². The molecule has 19 heavy (non-hydrogen) atoms. The number of carboxylic acid groups (broad SMARTS) is 1. The number of hydrogen-bond donors (Lipinski definition) is 2. The van der Waals surface area contributed by atoms with Crippen molar-refractivity contribution in [1.29, 1.82) is 0 Å². The highest BCUT2D eigenvalue weighted by Gasteiger charge is 2.24. The average molecular weight is 268 g/mol. The predicted molar refractivity (Wildman–Crippen MR) is 69.6 cm³/mol. The summed E-state index contributed by atoms with van der Waals surface area (Å²) in [6.07, 6.45) is -0.166. The highest BCUT2D eigenvalue weighted by Crippen LogP contribution is 2.31. The van der Waals surface area contributed by atoms with Gasteiger partial charge in [0.05, 0.1) is 16.6 Å². The molecular formula is C12H16N2O5. The van der Waals surface area contributed by atoms with E-state index in [-0.39, 0.29) is 16.9 Å². The van der Waals surface area contributed by atoms with Gasteiger partial charge in [0.1, 0.15) is 5.69 Å². The molecule has 1 atom stereocenters. The van der Waals surface area contributed by atoms with Crippen LogP contribution in [0.5, 0.6) is 0 Å². The Labute approximate surface area is 110 Å². The Hall–Kier alpha value is -2.15. The molecule has 0 amide bonds. The van der Waals surface area contributed by atoms with Crippen molar-refractivity contribution >= 4 is 17.3 Å². The van der Waals surface area contributed by atoms with Gasteiger partial charge in [-0.3, -0.25) is 10.1 Å². The van der Waals surface area contributed by atoms with Crippen LogP contribution >= 0.6 is 0 Å². The van der Waals surface area contributed by atoms with Gasteiger partial charge in [-0.25, -0.2) is 4.79 Å². The number of carboxylic acids is 1. The first-order valence-electron chi connectivity index (χ1n) is 5.74. The molecule has 0 aliphatic carbocycles. The summed E-state index contributed by atoms with van der Waals surface area (Å²) in [6.45, 7) is 1.92. The van der Waals surface area contributed by atoms with E-state index < -0.39 is 17.0 Å². The van der Waals surface area contributed by atoms with Crippen LogP contribution in [0.1, 0.15) is 23.7 Å². The SMILES string of the molecule is CC(O)CCN(C)c1c(C(=O)O)cccc1[N+](=O)[O-]. The minimum absolute atomic E-state index is 0.0562. The standard InChI is InChI=1S/C12H16N2O5/c1-8(15)6-7-13(2)11-9(12(16)17)4-3-5-10(11)14(18)19/h3-5,8,15H,6-7H2,1-2H3,(H,16,17). The largest absolute Gasteiger partial charge is 0.478 e. The molecule has 2 N–H and O–H groups in total. The van der Waals surface area contributed by atoms with E-state index in [0.29, 0.717) is 13.0 Å². The van der Waals surface area contributed by atoms with Crippen molar-refractivity contribution in [3.8, 4) is 0 Å². The van der Waals surface area contributed by atoms with E-state index in [1.165, 1.54) is 23.1 Å². The van der Waals surface area contributed by atoms with Crippen molar-refractivity contribution in [1.82, 2.24) is 0 Å². The number of para-hydroxylation sites is 1. The summed E-state index contributed by atoms with van der Waals surface area (Å²) in [7, 11) is 1.57. The molecular weight excluding hydrogens is 252 g/mol. The third-order valence-corrected chi connectivity index (χ3v) is 2.71. The first kappa shape index (κ1) is 14.9. The lowest BCUT2D eigenvalue weighted by Crippen LogP contribution is -2.24. The fourth-order valence-corrected chi connectivity index (χ4v) is 1.74. The number of aliphatic hydroxyl groups excluding tert-OH is 1. The maximum Gasteiger partial charge on any atom is 0.338 e. The van der Waals surface area contributed by atoms with Crippen LogP contribution in [-0.4, -0.2) is 40.8 Å². The van der Waals surface area contributed by atoms with Crippen molar-refractivity contribution in [3.63, 3.8) is 0 Å². The summed E-state index contributed by atoms with van der Waals surface area (Å²) >= 11 is 0. The number of anilines is 1. The van der Waals surface area contributed by atoms with Crippen LogP contribution in [0, 0.1) is 10.1 Å². The molecule has 0 saturated heterocycles. The topological polar surface area (TPSA) is 104 Å². The lowest BCUT2D eigenvalue weighted by atomic mass is 10.1. The molecule has 0 spiro atoms. The summed E-state index contributed by atoms with van der Waals surface area (Å²) in [4.78, 5) is 23.0. The summed E-state index contributed by atoms with van der Waals surface area (Å²) < 4.78 is 0. The molecule has 0 saturated carbocycles. The molecule has 0 fully saturated rings. The van der Waals surface area contributed by atoms with Crippen LogP contribution in [0.2, 0.25) is 0 Å². The van der Waals surface area contributed by atoms with Crippen molar-refractivity contribution in [2.24, 2.45) is 0 Å². The number of nitro groups is 1. The maximum absolute atomic E-state index is 11.1. The smallest absolute Gasteiger partial charge is 0.338 e. The minimum Gasteiger partial charge on any atom is -0.478 e. The van der Waals surface area contributed by atoms with Gasteiger partial charge in [-0.1, -0.05) is 6.07 Å². The Morgan fingerprint density at radius 3 is 2.63 bits per heavy atom.